The van der Waals surface area contributed by atoms with E-state index in [-0.39, 0.29) is 18.4 Å². The third kappa shape index (κ3) is 5.04. The molecule has 1 heterocycles. The van der Waals surface area contributed by atoms with Crippen LogP contribution in [0.2, 0.25) is 0 Å². The van der Waals surface area contributed by atoms with E-state index in [1.54, 1.807) is 11.9 Å². The topological polar surface area (TPSA) is 75.7 Å². The van der Waals surface area contributed by atoms with Crippen LogP contribution in [-0.2, 0) is 27.2 Å². The minimum Gasteiger partial charge on any atom is -0.452 e. The van der Waals surface area contributed by atoms with Gasteiger partial charge >= 0.3 is 5.97 Å². The molecule has 1 aromatic heterocycles. The summed E-state index contributed by atoms with van der Waals surface area (Å²) in [7, 11) is 1.71. The van der Waals surface area contributed by atoms with Crippen LogP contribution in [0.1, 0.15) is 60.3 Å². The van der Waals surface area contributed by atoms with Gasteiger partial charge in [0, 0.05) is 25.4 Å². The molecule has 0 aliphatic heterocycles. The van der Waals surface area contributed by atoms with Crippen molar-refractivity contribution >= 4 is 34.1 Å². The number of fused-ring (bicyclic) bond motifs is 1. The van der Waals surface area contributed by atoms with Gasteiger partial charge in [-0.05, 0) is 37.7 Å². The number of aryl methyl sites for hydroxylation is 1. The van der Waals surface area contributed by atoms with Crippen molar-refractivity contribution < 1.29 is 19.1 Å². The summed E-state index contributed by atoms with van der Waals surface area (Å²) < 4.78 is 5.26. The normalized spacial score (nSPS) is 13.1. The smallest absolute Gasteiger partial charge is 0.341 e. The number of hydrogen-bond acceptors (Lipinski definition) is 5. The number of unbranched alkanes of at least 4 members (excludes halogenated alkanes) is 1. The molecule has 1 aromatic rings. The average molecular weight is 366 g/mol. The number of anilines is 1. The fourth-order valence-electron chi connectivity index (χ4n) is 2.86. The standard InChI is InChI=1S/C18H26N2O4S/c1-4-5-10-20(3)15(22)11-24-18(23)16-13-8-6-7-9-14(13)25-17(16)19-12(2)21/h4-11H2,1-3H3,(H,19,21). The van der Waals surface area contributed by atoms with Gasteiger partial charge < -0.3 is 15.0 Å². The number of ether oxygens (including phenoxy) is 1. The molecule has 0 aromatic carbocycles. The average Bonchev–Trinajstić information content (AvgIpc) is 2.94. The van der Waals surface area contributed by atoms with Gasteiger partial charge in [0.1, 0.15) is 5.00 Å². The Bertz CT molecular complexity index is 654. The lowest BCUT2D eigenvalue weighted by molar-refractivity contribution is -0.133. The van der Waals surface area contributed by atoms with Crippen molar-refractivity contribution in [3.63, 3.8) is 0 Å². The Labute approximate surface area is 152 Å². The Morgan fingerprint density at radius 3 is 2.64 bits per heavy atom. The molecule has 2 rings (SSSR count). The number of nitrogens with one attached hydrogen (secondary N) is 1. The van der Waals surface area contributed by atoms with E-state index in [0.717, 1.165) is 49.0 Å². The second-order valence-electron chi connectivity index (χ2n) is 6.34. The van der Waals surface area contributed by atoms with Crippen molar-refractivity contribution in [2.24, 2.45) is 0 Å². The van der Waals surface area contributed by atoms with Gasteiger partial charge in [-0.3, -0.25) is 9.59 Å². The summed E-state index contributed by atoms with van der Waals surface area (Å²) >= 11 is 1.44. The fraction of sp³-hybridized carbons (Fsp3) is 0.611. The van der Waals surface area contributed by atoms with E-state index in [2.05, 4.69) is 12.2 Å². The molecule has 1 aliphatic rings. The van der Waals surface area contributed by atoms with Crippen LogP contribution < -0.4 is 5.32 Å². The summed E-state index contributed by atoms with van der Waals surface area (Å²) in [6.07, 6.45) is 5.74. The molecule has 25 heavy (non-hydrogen) atoms. The Kier molecular flexibility index (Phi) is 6.99. The molecular formula is C18H26N2O4S. The lowest BCUT2D eigenvalue weighted by Crippen LogP contribution is -2.32. The number of hydrogen-bond donors (Lipinski definition) is 1. The van der Waals surface area contributed by atoms with Crippen LogP contribution in [0.15, 0.2) is 0 Å². The SMILES string of the molecule is CCCCN(C)C(=O)COC(=O)c1c(NC(C)=O)sc2c1CCCC2. The first-order valence-corrected chi connectivity index (χ1v) is 9.58. The van der Waals surface area contributed by atoms with Crippen LogP contribution in [0.25, 0.3) is 0 Å². The van der Waals surface area contributed by atoms with Crippen molar-refractivity contribution in [1.29, 1.82) is 0 Å². The maximum atomic E-state index is 12.6. The summed E-state index contributed by atoms with van der Waals surface area (Å²) in [5.74, 6) is -0.963. The molecule has 0 bridgehead atoms. The summed E-state index contributed by atoms with van der Waals surface area (Å²) in [4.78, 5) is 38.8. The third-order valence-corrected chi connectivity index (χ3v) is 5.47. The maximum absolute atomic E-state index is 12.6. The molecule has 6 nitrogen and oxygen atoms in total. The molecule has 0 unspecified atom stereocenters. The number of carbonyl (C=O) groups is 3. The Morgan fingerprint density at radius 1 is 1.24 bits per heavy atom. The minimum atomic E-state index is -0.527. The summed E-state index contributed by atoms with van der Waals surface area (Å²) in [6.45, 7) is 3.85. The van der Waals surface area contributed by atoms with Gasteiger partial charge in [-0.2, -0.15) is 0 Å². The second kappa shape index (κ2) is 8.99. The molecule has 2 amide bonds. The molecule has 0 fully saturated rings. The lowest BCUT2D eigenvalue weighted by Gasteiger charge is -2.17. The van der Waals surface area contributed by atoms with Gasteiger partial charge in [-0.15, -0.1) is 11.3 Å². The highest BCUT2D eigenvalue weighted by Crippen LogP contribution is 2.38. The van der Waals surface area contributed by atoms with E-state index in [1.165, 1.54) is 18.3 Å². The van der Waals surface area contributed by atoms with Crippen molar-refractivity contribution in [2.75, 3.05) is 25.5 Å². The highest BCUT2D eigenvalue weighted by atomic mass is 32.1. The first-order valence-electron chi connectivity index (χ1n) is 8.77. The van der Waals surface area contributed by atoms with Crippen LogP contribution in [0.5, 0.6) is 0 Å². The number of amides is 2. The quantitative estimate of drug-likeness (QED) is 0.753. The van der Waals surface area contributed by atoms with Gasteiger partial charge in [0.05, 0.1) is 5.56 Å². The molecule has 0 atom stereocenters. The lowest BCUT2D eigenvalue weighted by atomic mass is 9.95. The van der Waals surface area contributed by atoms with Gasteiger partial charge in [-0.1, -0.05) is 13.3 Å². The molecular weight excluding hydrogens is 340 g/mol. The zero-order valence-corrected chi connectivity index (χ0v) is 16.0. The molecule has 0 saturated heterocycles. The molecule has 1 aliphatic carbocycles. The number of carbonyl (C=O) groups excluding carboxylic acids is 3. The van der Waals surface area contributed by atoms with E-state index < -0.39 is 5.97 Å². The van der Waals surface area contributed by atoms with Crippen LogP contribution in [0, 0.1) is 0 Å². The van der Waals surface area contributed by atoms with E-state index in [0.29, 0.717) is 17.1 Å². The molecule has 1 N–H and O–H groups in total. The van der Waals surface area contributed by atoms with Crippen LogP contribution in [0.4, 0.5) is 5.00 Å². The summed E-state index contributed by atoms with van der Waals surface area (Å²) in [6, 6.07) is 0. The number of rotatable bonds is 7. The largest absolute Gasteiger partial charge is 0.452 e. The van der Waals surface area contributed by atoms with E-state index in [4.69, 9.17) is 4.74 Å². The highest BCUT2D eigenvalue weighted by Gasteiger charge is 2.27. The summed E-state index contributed by atoms with van der Waals surface area (Å²) in [5.41, 5.74) is 1.40. The van der Waals surface area contributed by atoms with Gasteiger partial charge in [0.15, 0.2) is 6.61 Å². The van der Waals surface area contributed by atoms with Crippen LogP contribution >= 0.6 is 11.3 Å². The van der Waals surface area contributed by atoms with Crippen molar-refractivity contribution in [3.8, 4) is 0 Å². The molecule has 0 spiro atoms. The van der Waals surface area contributed by atoms with Gasteiger partial charge in [0.2, 0.25) is 5.91 Å². The van der Waals surface area contributed by atoms with E-state index >= 15 is 0 Å². The van der Waals surface area contributed by atoms with E-state index in [1.807, 2.05) is 0 Å². The zero-order chi connectivity index (χ0) is 18.4. The molecule has 7 heteroatoms. The molecule has 138 valence electrons. The predicted molar refractivity (Wildman–Crippen MR) is 98.1 cm³/mol. The molecule has 0 saturated carbocycles. The van der Waals surface area contributed by atoms with Gasteiger partial charge in [0.25, 0.3) is 5.91 Å². The number of nitrogens with zero attached hydrogens (tertiary/aromatic N) is 1. The number of likely N-dealkylation sites (N-methyl/N-ethyl adjacent to an activating group) is 1. The Hall–Kier alpha value is -1.89. The Balaban J connectivity index is 2.08. The second-order valence-corrected chi connectivity index (χ2v) is 7.45. The fourth-order valence-corrected chi connectivity index (χ4v) is 4.18. The monoisotopic (exact) mass is 366 g/mol. The Morgan fingerprint density at radius 2 is 1.96 bits per heavy atom. The zero-order valence-electron chi connectivity index (χ0n) is 15.1. The van der Waals surface area contributed by atoms with E-state index in [9.17, 15) is 14.4 Å². The minimum absolute atomic E-state index is 0.216. The predicted octanol–water partition coefficient (Wildman–Crippen LogP) is 3.00. The maximum Gasteiger partial charge on any atom is 0.341 e. The van der Waals surface area contributed by atoms with Crippen molar-refractivity contribution in [3.05, 3.63) is 16.0 Å². The number of thiophene rings is 1. The first kappa shape index (κ1) is 19.4. The third-order valence-electron chi connectivity index (χ3n) is 4.26. The summed E-state index contributed by atoms with van der Waals surface area (Å²) in [5, 5.41) is 3.27. The number of esters is 1. The van der Waals surface area contributed by atoms with Gasteiger partial charge in [-0.25, -0.2) is 4.79 Å². The first-order chi connectivity index (χ1) is 11.9. The highest BCUT2D eigenvalue weighted by molar-refractivity contribution is 7.17. The molecule has 0 radical (unpaired) electrons. The van der Waals surface area contributed by atoms with Crippen LogP contribution in [-0.4, -0.2) is 42.9 Å². The van der Waals surface area contributed by atoms with Crippen molar-refractivity contribution in [2.45, 2.75) is 52.4 Å². The van der Waals surface area contributed by atoms with Crippen LogP contribution in [0.3, 0.4) is 0 Å². The van der Waals surface area contributed by atoms with Crippen molar-refractivity contribution in [1.82, 2.24) is 4.90 Å².